The number of ether oxygens (including phenoxy) is 1. The number of hydrogen-bond acceptors (Lipinski definition) is 9. The van der Waals surface area contributed by atoms with E-state index in [1.807, 2.05) is 0 Å². The number of nitrogens with one attached hydrogen (secondary N) is 2. The van der Waals surface area contributed by atoms with Gasteiger partial charge in [-0.15, -0.1) is 0 Å². The summed E-state index contributed by atoms with van der Waals surface area (Å²) in [5.74, 6) is -0.220. The van der Waals surface area contributed by atoms with Crippen LogP contribution >= 0.6 is 0 Å². The molecule has 1 rings (SSSR count). The summed E-state index contributed by atoms with van der Waals surface area (Å²) in [5, 5.41) is 70.4. The summed E-state index contributed by atoms with van der Waals surface area (Å²) >= 11 is 0. The molecule has 1 fully saturated rings. The van der Waals surface area contributed by atoms with E-state index in [9.17, 15) is 35.4 Å². The van der Waals surface area contributed by atoms with Gasteiger partial charge >= 0.3 is 0 Å². The number of carbonyl (C=O) groups is 1. The van der Waals surface area contributed by atoms with Crippen molar-refractivity contribution in [1.29, 1.82) is 0 Å². The quantitative estimate of drug-likeness (QED) is 0.0278. The number of carbonyl (C=O) groups excluding carboxylic acids is 1. The molecule has 61 heavy (non-hydrogen) atoms. The van der Waals surface area contributed by atoms with Gasteiger partial charge in [0.1, 0.15) is 36.6 Å². The molecule has 1 aliphatic carbocycles. The lowest BCUT2D eigenvalue weighted by Crippen LogP contribution is -2.69. The van der Waals surface area contributed by atoms with Crippen LogP contribution in [-0.4, -0.2) is 105 Å². The molecule has 10 heteroatoms. The fourth-order valence-electron chi connectivity index (χ4n) is 9.24. The Morgan fingerprint density at radius 2 is 0.820 bits per heavy atom. The van der Waals surface area contributed by atoms with E-state index in [1.54, 1.807) is 0 Å². The van der Waals surface area contributed by atoms with Gasteiger partial charge in [-0.1, -0.05) is 232 Å². The molecule has 0 aliphatic heterocycles. The van der Waals surface area contributed by atoms with Crippen molar-refractivity contribution >= 4 is 5.91 Å². The minimum absolute atomic E-state index is 0.0696. The topological polar surface area (TPSA) is 172 Å². The zero-order valence-corrected chi connectivity index (χ0v) is 40.1. The number of aliphatic hydroxyl groups excluding tert-OH is 6. The smallest absolute Gasteiger partial charge is 0.220 e. The zero-order valence-electron chi connectivity index (χ0n) is 40.1. The second-order valence-corrected chi connectivity index (χ2v) is 19.0. The van der Waals surface area contributed by atoms with E-state index >= 15 is 0 Å². The first-order valence-electron chi connectivity index (χ1n) is 26.3. The highest BCUT2D eigenvalue weighted by atomic mass is 16.5. The summed E-state index contributed by atoms with van der Waals surface area (Å²) in [6, 6.07) is -1.98. The summed E-state index contributed by atoms with van der Waals surface area (Å²) in [5.41, 5.74) is 0. The molecule has 0 bridgehead atoms. The van der Waals surface area contributed by atoms with Crippen LogP contribution in [0.5, 0.6) is 0 Å². The Labute approximate surface area is 375 Å². The number of aliphatic hydroxyl groups is 6. The summed E-state index contributed by atoms with van der Waals surface area (Å²) in [6.07, 6.45) is 35.9. The average molecular weight is 871 g/mol. The van der Waals surface area contributed by atoms with Gasteiger partial charge in [0, 0.05) is 20.1 Å². The van der Waals surface area contributed by atoms with Gasteiger partial charge in [-0.25, -0.2) is 0 Å². The summed E-state index contributed by atoms with van der Waals surface area (Å²) < 4.78 is 5.20. The first-order valence-corrected chi connectivity index (χ1v) is 26.3. The van der Waals surface area contributed by atoms with E-state index < -0.39 is 54.8 Å². The molecule has 10 nitrogen and oxygen atoms in total. The first kappa shape index (κ1) is 58.2. The lowest BCUT2D eigenvalue weighted by molar-refractivity contribution is -0.198. The van der Waals surface area contributed by atoms with Gasteiger partial charge < -0.3 is 46.0 Å². The van der Waals surface area contributed by atoms with Crippen LogP contribution in [-0.2, 0) is 9.53 Å². The molecule has 0 spiro atoms. The lowest BCUT2D eigenvalue weighted by atomic mass is 9.83. The monoisotopic (exact) mass is 871 g/mol. The third-order valence-electron chi connectivity index (χ3n) is 13.5. The van der Waals surface area contributed by atoms with Gasteiger partial charge in [0.15, 0.2) is 0 Å². The van der Waals surface area contributed by atoms with Crippen molar-refractivity contribution in [3.8, 4) is 0 Å². The zero-order chi connectivity index (χ0) is 44.8. The Hall–Kier alpha value is -0.850. The highest BCUT2D eigenvalue weighted by Gasteiger charge is 2.49. The van der Waals surface area contributed by atoms with Crippen LogP contribution in [0.25, 0.3) is 0 Å². The van der Waals surface area contributed by atoms with Crippen LogP contribution in [0, 0.1) is 0 Å². The molecule has 0 heterocycles. The third kappa shape index (κ3) is 29.3. The lowest BCUT2D eigenvalue weighted by Gasteiger charge is -2.44. The molecule has 364 valence electrons. The Bertz CT molecular complexity index is 961. The molecule has 0 saturated heterocycles. The molecule has 9 atom stereocenters. The fraction of sp³-hybridized carbons (Fsp3) is 0.980. The molecule has 1 amide bonds. The van der Waals surface area contributed by atoms with E-state index in [0.29, 0.717) is 12.8 Å². The predicted molar refractivity (Wildman–Crippen MR) is 253 cm³/mol. The molecule has 8 N–H and O–H groups in total. The Kier molecular flexibility index (Phi) is 38.8. The van der Waals surface area contributed by atoms with E-state index in [4.69, 9.17) is 4.74 Å². The maximum atomic E-state index is 13.1. The molecule has 1 saturated carbocycles. The van der Waals surface area contributed by atoms with Crippen molar-refractivity contribution in [2.75, 3.05) is 13.7 Å². The molecule has 0 unspecified atom stereocenters. The van der Waals surface area contributed by atoms with Gasteiger partial charge in [0.05, 0.1) is 18.2 Å². The molecule has 0 aromatic carbocycles. The minimum Gasteiger partial charge on any atom is -0.390 e. The highest BCUT2D eigenvalue weighted by molar-refractivity contribution is 5.76. The van der Waals surface area contributed by atoms with Gasteiger partial charge in [0.25, 0.3) is 0 Å². The van der Waals surface area contributed by atoms with Crippen LogP contribution in [0.4, 0.5) is 0 Å². The van der Waals surface area contributed by atoms with Crippen molar-refractivity contribution in [2.24, 2.45) is 0 Å². The average Bonchev–Trinajstić information content (AvgIpc) is 3.25. The van der Waals surface area contributed by atoms with Gasteiger partial charge in [0.2, 0.25) is 5.91 Å². The van der Waals surface area contributed by atoms with E-state index in [-0.39, 0.29) is 12.5 Å². The van der Waals surface area contributed by atoms with E-state index in [1.165, 1.54) is 193 Å². The largest absolute Gasteiger partial charge is 0.390 e. The molecule has 0 aromatic heterocycles. The number of amides is 1. The van der Waals surface area contributed by atoms with Crippen LogP contribution < -0.4 is 10.6 Å². The van der Waals surface area contributed by atoms with Gasteiger partial charge in [-0.2, -0.15) is 0 Å². The van der Waals surface area contributed by atoms with Crippen LogP contribution in [0.15, 0.2) is 0 Å². The Balaban J connectivity index is 2.31. The van der Waals surface area contributed by atoms with Crippen LogP contribution in [0.1, 0.15) is 251 Å². The van der Waals surface area contributed by atoms with E-state index in [2.05, 4.69) is 24.5 Å². The second kappa shape index (κ2) is 40.6. The van der Waals surface area contributed by atoms with Crippen molar-refractivity contribution < 1.29 is 40.2 Å². The predicted octanol–water partition coefficient (Wildman–Crippen LogP) is 10.1. The standard InChI is InChI=1S/C51H102N2O8/c1-4-6-8-10-12-14-16-18-19-20-21-22-23-24-25-26-27-28-30-32-34-36-38-40-44(55)53-42(41-52-45-47(57)49(59)50(60)51(61-3)48(45)58)46(56)43(54)39-37-35-33-31-29-17-15-13-11-9-7-5-2/h42-43,45-52,54,56-60H,4-41H2,1-3H3,(H,53,55)/t42-,43+,45-,46-,47-,48+,49-,50-,51-/m0/s1. The summed E-state index contributed by atoms with van der Waals surface area (Å²) in [4.78, 5) is 13.1. The fourth-order valence-corrected chi connectivity index (χ4v) is 9.24. The van der Waals surface area contributed by atoms with Crippen molar-refractivity contribution in [3.63, 3.8) is 0 Å². The van der Waals surface area contributed by atoms with Crippen molar-refractivity contribution in [3.05, 3.63) is 0 Å². The third-order valence-corrected chi connectivity index (χ3v) is 13.5. The maximum Gasteiger partial charge on any atom is 0.220 e. The number of unbranched alkanes of at least 4 members (excludes halogenated alkanes) is 33. The molecular weight excluding hydrogens is 769 g/mol. The SMILES string of the molecule is CCCCCCCCCCCCCCCCCCCCCCCCCC(=O)N[C@@H](CN[C@H]1[C@H](O)[C@H](O)[C@H](O)[C@@H](OC)[C@@H]1O)[C@H](O)[C@H](O)CCCCCCCCCCCCCC. The normalized spacial score (nSPS) is 22.0. The summed E-state index contributed by atoms with van der Waals surface area (Å²) in [7, 11) is 1.31. The van der Waals surface area contributed by atoms with Crippen molar-refractivity contribution in [2.45, 2.75) is 306 Å². The minimum atomic E-state index is -1.56. The van der Waals surface area contributed by atoms with Crippen molar-refractivity contribution in [1.82, 2.24) is 10.6 Å². The molecule has 0 radical (unpaired) electrons. The molecular formula is C51H102N2O8. The van der Waals surface area contributed by atoms with Gasteiger partial charge in [-0.3, -0.25) is 4.79 Å². The second-order valence-electron chi connectivity index (χ2n) is 19.0. The van der Waals surface area contributed by atoms with E-state index in [0.717, 1.165) is 38.5 Å². The summed E-state index contributed by atoms with van der Waals surface area (Å²) in [6.45, 7) is 4.46. The Morgan fingerprint density at radius 3 is 1.18 bits per heavy atom. The highest BCUT2D eigenvalue weighted by Crippen LogP contribution is 2.24. The van der Waals surface area contributed by atoms with Crippen LogP contribution in [0.2, 0.25) is 0 Å². The molecule has 0 aromatic rings. The first-order chi connectivity index (χ1) is 29.7. The Morgan fingerprint density at radius 1 is 0.475 bits per heavy atom. The number of methoxy groups -OCH3 is 1. The molecule has 1 aliphatic rings. The van der Waals surface area contributed by atoms with Crippen LogP contribution in [0.3, 0.4) is 0 Å². The van der Waals surface area contributed by atoms with Gasteiger partial charge in [-0.05, 0) is 12.8 Å². The maximum absolute atomic E-state index is 13.1. The number of hydrogen-bond donors (Lipinski definition) is 8. The number of rotatable bonds is 44.